The van der Waals surface area contributed by atoms with Gasteiger partial charge in [-0.05, 0) is 31.5 Å². The standard InChI is InChI=1S/C15H18N6/c1-2-6-13-12(5-1)18-14(19-13)9-21-7-3-4-11(8-21)15-16-10-17-20-15/h1-2,5-6,10-11H,3-4,7-9H2,(H,18,19)(H,16,17,20)/t11-/m0/s1. The number of hydrogen-bond donors (Lipinski definition) is 2. The summed E-state index contributed by atoms with van der Waals surface area (Å²) in [5.41, 5.74) is 2.15. The third-order valence-corrected chi connectivity index (χ3v) is 4.14. The fourth-order valence-corrected chi connectivity index (χ4v) is 3.13. The lowest BCUT2D eigenvalue weighted by molar-refractivity contribution is 0.193. The van der Waals surface area contributed by atoms with Gasteiger partial charge in [0, 0.05) is 12.5 Å². The molecule has 2 aromatic heterocycles. The van der Waals surface area contributed by atoms with E-state index in [4.69, 9.17) is 0 Å². The highest BCUT2D eigenvalue weighted by Crippen LogP contribution is 2.25. The number of nitrogens with one attached hydrogen (secondary N) is 2. The first-order chi connectivity index (χ1) is 10.4. The summed E-state index contributed by atoms with van der Waals surface area (Å²) in [6.45, 7) is 2.98. The second kappa shape index (κ2) is 5.29. The predicted molar refractivity (Wildman–Crippen MR) is 79.7 cm³/mol. The van der Waals surface area contributed by atoms with Gasteiger partial charge in [0.05, 0.1) is 17.6 Å². The molecule has 0 saturated carbocycles. The van der Waals surface area contributed by atoms with E-state index in [2.05, 4.69) is 36.1 Å². The molecule has 4 rings (SSSR count). The lowest BCUT2D eigenvalue weighted by atomic mass is 9.97. The number of piperidine rings is 1. The van der Waals surface area contributed by atoms with Crippen LogP contribution in [0.1, 0.15) is 30.4 Å². The number of aromatic nitrogens is 5. The van der Waals surface area contributed by atoms with Crippen molar-refractivity contribution in [3.63, 3.8) is 0 Å². The summed E-state index contributed by atoms with van der Waals surface area (Å²) in [7, 11) is 0. The van der Waals surface area contributed by atoms with Crippen molar-refractivity contribution in [2.75, 3.05) is 13.1 Å². The van der Waals surface area contributed by atoms with E-state index < -0.39 is 0 Å². The summed E-state index contributed by atoms with van der Waals surface area (Å²) in [5, 5.41) is 6.96. The molecule has 21 heavy (non-hydrogen) atoms. The van der Waals surface area contributed by atoms with Gasteiger partial charge in [-0.3, -0.25) is 10.00 Å². The van der Waals surface area contributed by atoms with Crippen LogP contribution in [0, 0.1) is 0 Å². The zero-order valence-electron chi connectivity index (χ0n) is 11.8. The molecule has 0 bridgehead atoms. The van der Waals surface area contributed by atoms with E-state index in [9.17, 15) is 0 Å². The average Bonchev–Trinajstić information content (AvgIpc) is 3.16. The lowest BCUT2D eigenvalue weighted by Gasteiger charge is -2.30. The normalized spacial score (nSPS) is 20.1. The molecule has 0 spiro atoms. The third kappa shape index (κ3) is 2.54. The number of hydrogen-bond acceptors (Lipinski definition) is 4. The highest BCUT2D eigenvalue weighted by atomic mass is 15.2. The molecule has 1 aliphatic rings. The van der Waals surface area contributed by atoms with Gasteiger partial charge in [-0.2, -0.15) is 5.10 Å². The molecule has 3 aromatic rings. The van der Waals surface area contributed by atoms with Gasteiger partial charge in [0.15, 0.2) is 0 Å². The van der Waals surface area contributed by atoms with E-state index in [-0.39, 0.29) is 0 Å². The number of H-pyrrole nitrogens is 2. The summed E-state index contributed by atoms with van der Waals surface area (Å²) in [4.78, 5) is 14.8. The van der Waals surface area contributed by atoms with Crippen LogP contribution in [0.2, 0.25) is 0 Å². The Morgan fingerprint density at radius 3 is 3.10 bits per heavy atom. The van der Waals surface area contributed by atoms with Crippen LogP contribution in [0.15, 0.2) is 30.6 Å². The van der Waals surface area contributed by atoms with Gasteiger partial charge in [0.2, 0.25) is 0 Å². The Kier molecular flexibility index (Phi) is 3.16. The maximum atomic E-state index is 4.66. The second-order valence-electron chi connectivity index (χ2n) is 5.65. The summed E-state index contributed by atoms with van der Waals surface area (Å²) in [5.74, 6) is 2.49. The number of fused-ring (bicyclic) bond motifs is 1. The highest BCUT2D eigenvalue weighted by Gasteiger charge is 2.23. The first-order valence-corrected chi connectivity index (χ1v) is 7.40. The van der Waals surface area contributed by atoms with Gasteiger partial charge in [0.25, 0.3) is 0 Å². The van der Waals surface area contributed by atoms with Crippen LogP contribution in [0.5, 0.6) is 0 Å². The van der Waals surface area contributed by atoms with E-state index in [1.54, 1.807) is 6.33 Å². The molecule has 6 nitrogen and oxygen atoms in total. The minimum Gasteiger partial charge on any atom is -0.341 e. The number of rotatable bonds is 3. The molecule has 2 N–H and O–H groups in total. The molecule has 1 aromatic carbocycles. The van der Waals surface area contributed by atoms with Crippen molar-refractivity contribution in [2.24, 2.45) is 0 Å². The van der Waals surface area contributed by atoms with Crippen LogP contribution in [0.3, 0.4) is 0 Å². The molecule has 0 aliphatic carbocycles. The Labute approximate surface area is 122 Å². The van der Waals surface area contributed by atoms with Gasteiger partial charge in [-0.15, -0.1) is 0 Å². The second-order valence-corrected chi connectivity index (χ2v) is 5.65. The van der Waals surface area contributed by atoms with Crippen LogP contribution in [-0.4, -0.2) is 43.1 Å². The summed E-state index contributed by atoms with van der Waals surface area (Å²) in [6, 6.07) is 8.17. The molecule has 1 saturated heterocycles. The van der Waals surface area contributed by atoms with Crippen LogP contribution in [-0.2, 0) is 6.54 Å². The number of nitrogens with zero attached hydrogens (tertiary/aromatic N) is 4. The molecule has 3 heterocycles. The minimum atomic E-state index is 0.450. The first-order valence-electron chi connectivity index (χ1n) is 7.40. The average molecular weight is 282 g/mol. The zero-order chi connectivity index (χ0) is 14.1. The Bertz CT molecular complexity index is 684. The van der Waals surface area contributed by atoms with Crippen molar-refractivity contribution < 1.29 is 0 Å². The van der Waals surface area contributed by atoms with Crippen LogP contribution in [0.4, 0.5) is 0 Å². The van der Waals surface area contributed by atoms with E-state index in [1.807, 2.05) is 18.2 Å². The highest BCUT2D eigenvalue weighted by molar-refractivity contribution is 5.74. The molecule has 0 radical (unpaired) electrons. The first kappa shape index (κ1) is 12.5. The number of benzene rings is 1. The Hall–Kier alpha value is -2.21. The van der Waals surface area contributed by atoms with Gasteiger partial charge in [0.1, 0.15) is 18.0 Å². The maximum absolute atomic E-state index is 4.66. The topological polar surface area (TPSA) is 73.5 Å². The maximum Gasteiger partial charge on any atom is 0.137 e. The number of aromatic amines is 2. The summed E-state index contributed by atoms with van der Waals surface area (Å²) in [6.07, 6.45) is 3.95. The van der Waals surface area contributed by atoms with Crippen molar-refractivity contribution >= 4 is 11.0 Å². The molecular formula is C15H18N6. The van der Waals surface area contributed by atoms with E-state index >= 15 is 0 Å². The molecule has 0 unspecified atom stereocenters. The molecule has 1 aliphatic heterocycles. The van der Waals surface area contributed by atoms with Gasteiger partial charge in [-0.25, -0.2) is 9.97 Å². The smallest absolute Gasteiger partial charge is 0.137 e. The van der Waals surface area contributed by atoms with Crippen LogP contribution >= 0.6 is 0 Å². The van der Waals surface area contributed by atoms with Gasteiger partial charge in [-0.1, -0.05) is 12.1 Å². The van der Waals surface area contributed by atoms with Gasteiger partial charge >= 0.3 is 0 Å². The zero-order valence-corrected chi connectivity index (χ0v) is 11.8. The quantitative estimate of drug-likeness (QED) is 0.771. The van der Waals surface area contributed by atoms with Crippen molar-refractivity contribution in [3.8, 4) is 0 Å². The van der Waals surface area contributed by atoms with Gasteiger partial charge < -0.3 is 4.98 Å². The fraction of sp³-hybridized carbons (Fsp3) is 0.400. The largest absolute Gasteiger partial charge is 0.341 e. The SMILES string of the molecule is c1ccc2[nH]c(CN3CCC[C@H](c4ncn[nH]4)C3)nc2c1. The molecule has 108 valence electrons. The monoisotopic (exact) mass is 282 g/mol. The van der Waals surface area contributed by atoms with Crippen LogP contribution < -0.4 is 0 Å². The predicted octanol–water partition coefficient (Wildman–Crippen LogP) is 2.06. The molecule has 6 heteroatoms. The van der Waals surface area contributed by atoms with Crippen molar-refractivity contribution in [1.82, 2.24) is 30.0 Å². The Morgan fingerprint density at radius 1 is 1.29 bits per heavy atom. The van der Waals surface area contributed by atoms with Crippen LogP contribution in [0.25, 0.3) is 11.0 Å². The lowest BCUT2D eigenvalue weighted by Crippen LogP contribution is -2.34. The summed E-state index contributed by atoms with van der Waals surface area (Å²) >= 11 is 0. The van der Waals surface area contributed by atoms with Crippen molar-refractivity contribution in [2.45, 2.75) is 25.3 Å². The minimum absolute atomic E-state index is 0.450. The van der Waals surface area contributed by atoms with E-state index in [0.29, 0.717) is 5.92 Å². The molecule has 1 fully saturated rings. The van der Waals surface area contributed by atoms with E-state index in [0.717, 1.165) is 42.3 Å². The van der Waals surface area contributed by atoms with E-state index in [1.165, 1.54) is 12.8 Å². The third-order valence-electron chi connectivity index (χ3n) is 4.14. The Morgan fingerprint density at radius 2 is 2.24 bits per heavy atom. The van der Waals surface area contributed by atoms with Crippen molar-refractivity contribution in [1.29, 1.82) is 0 Å². The fourth-order valence-electron chi connectivity index (χ4n) is 3.13. The number of likely N-dealkylation sites (tertiary alicyclic amines) is 1. The molecular weight excluding hydrogens is 264 g/mol. The number of imidazole rings is 1. The molecule has 1 atom stereocenters. The molecule has 0 amide bonds. The van der Waals surface area contributed by atoms with Crippen molar-refractivity contribution in [3.05, 3.63) is 42.2 Å². The number of para-hydroxylation sites is 2. The Balaban J connectivity index is 1.48. The summed E-state index contributed by atoms with van der Waals surface area (Å²) < 4.78 is 0.